The minimum atomic E-state index is 0.312. The minimum absolute atomic E-state index is 0.312. The molecule has 0 aliphatic carbocycles. The molecule has 1 unspecified atom stereocenters. The lowest BCUT2D eigenvalue weighted by atomic mass is 10.00. The third-order valence-corrected chi connectivity index (χ3v) is 3.96. The molecule has 4 nitrogen and oxygen atoms in total. The third-order valence-electron chi connectivity index (χ3n) is 3.96. The van der Waals surface area contributed by atoms with Crippen molar-refractivity contribution in [2.24, 2.45) is 0 Å². The fraction of sp³-hybridized carbons (Fsp3) is 0.786. The van der Waals surface area contributed by atoms with E-state index in [-0.39, 0.29) is 0 Å². The van der Waals surface area contributed by atoms with E-state index in [0.29, 0.717) is 12.6 Å². The van der Waals surface area contributed by atoms with Crippen LogP contribution >= 0.6 is 0 Å². The molecule has 18 heavy (non-hydrogen) atoms. The van der Waals surface area contributed by atoms with Crippen molar-refractivity contribution in [3.8, 4) is 0 Å². The summed E-state index contributed by atoms with van der Waals surface area (Å²) >= 11 is 0. The smallest absolute Gasteiger partial charge is 0.108 e. The predicted molar refractivity (Wildman–Crippen MR) is 72.5 cm³/mol. The fourth-order valence-corrected chi connectivity index (χ4v) is 2.92. The summed E-state index contributed by atoms with van der Waals surface area (Å²) in [6, 6.07) is 0.581. The van der Waals surface area contributed by atoms with E-state index in [2.05, 4.69) is 27.6 Å². The average molecular weight is 251 g/mol. The van der Waals surface area contributed by atoms with E-state index in [1.807, 2.05) is 6.20 Å². The predicted octanol–water partition coefficient (Wildman–Crippen LogP) is 1.68. The van der Waals surface area contributed by atoms with Gasteiger partial charge in [0.25, 0.3) is 0 Å². The molecule has 0 radical (unpaired) electrons. The van der Waals surface area contributed by atoms with E-state index in [1.54, 1.807) is 0 Å². The van der Waals surface area contributed by atoms with Gasteiger partial charge in [-0.15, -0.1) is 0 Å². The molecule has 1 aliphatic heterocycles. The van der Waals surface area contributed by atoms with Crippen molar-refractivity contribution in [3.05, 3.63) is 18.2 Å². The second kappa shape index (κ2) is 6.90. The molecule has 0 saturated carbocycles. The highest BCUT2D eigenvalue weighted by Gasteiger charge is 2.21. The van der Waals surface area contributed by atoms with Crippen molar-refractivity contribution in [3.63, 3.8) is 0 Å². The minimum Gasteiger partial charge on any atom is -0.396 e. The normalized spacial score (nSPS) is 21.3. The molecule has 1 aromatic heterocycles. The van der Waals surface area contributed by atoms with Crippen LogP contribution in [0.3, 0.4) is 0 Å². The Balaban J connectivity index is 1.87. The van der Waals surface area contributed by atoms with Gasteiger partial charge in [-0.2, -0.15) is 0 Å². The zero-order valence-electron chi connectivity index (χ0n) is 11.4. The zero-order valence-corrected chi connectivity index (χ0v) is 11.4. The topological polar surface area (TPSA) is 41.3 Å². The summed E-state index contributed by atoms with van der Waals surface area (Å²) in [7, 11) is 0. The average Bonchev–Trinajstić information content (AvgIpc) is 2.85. The summed E-state index contributed by atoms with van der Waals surface area (Å²) in [6.07, 6.45) is 9.73. The second-order valence-corrected chi connectivity index (χ2v) is 5.09. The van der Waals surface area contributed by atoms with Crippen LogP contribution in [0.4, 0.5) is 0 Å². The van der Waals surface area contributed by atoms with Gasteiger partial charge >= 0.3 is 0 Å². The third kappa shape index (κ3) is 3.33. The monoisotopic (exact) mass is 251 g/mol. The van der Waals surface area contributed by atoms with Crippen molar-refractivity contribution in [2.45, 2.75) is 51.6 Å². The Morgan fingerprint density at radius 2 is 2.28 bits per heavy atom. The van der Waals surface area contributed by atoms with E-state index < -0.39 is 0 Å². The number of imidazole rings is 1. The molecule has 102 valence electrons. The van der Waals surface area contributed by atoms with Gasteiger partial charge in [0.15, 0.2) is 0 Å². The van der Waals surface area contributed by atoms with E-state index in [4.69, 9.17) is 5.11 Å². The highest BCUT2D eigenvalue weighted by atomic mass is 16.3. The number of nitrogens with zero attached hydrogens (tertiary/aromatic N) is 3. The summed E-state index contributed by atoms with van der Waals surface area (Å²) in [5.74, 6) is 1.17. The Hall–Kier alpha value is -0.870. The van der Waals surface area contributed by atoms with Gasteiger partial charge in [0.1, 0.15) is 5.82 Å². The number of hydrogen-bond acceptors (Lipinski definition) is 3. The van der Waals surface area contributed by atoms with Gasteiger partial charge in [-0.25, -0.2) is 4.98 Å². The highest BCUT2D eigenvalue weighted by molar-refractivity contribution is 4.92. The van der Waals surface area contributed by atoms with Crippen molar-refractivity contribution in [1.29, 1.82) is 0 Å². The molecule has 0 bridgehead atoms. The van der Waals surface area contributed by atoms with Crippen LogP contribution < -0.4 is 0 Å². The molecular weight excluding hydrogens is 226 g/mol. The van der Waals surface area contributed by atoms with Gasteiger partial charge < -0.3 is 9.67 Å². The van der Waals surface area contributed by atoms with Crippen LogP contribution in [0.1, 0.15) is 38.4 Å². The van der Waals surface area contributed by atoms with Crippen LogP contribution in [0.2, 0.25) is 0 Å². The van der Waals surface area contributed by atoms with E-state index in [1.165, 1.54) is 31.6 Å². The summed E-state index contributed by atoms with van der Waals surface area (Å²) in [6.45, 7) is 5.74. The van der Waals surface area contributed by atoms with Gasteiger partial charge in [0.2, 0.25) is 0 Å². The highest BCUT2D eigenvalue weighted by Crippen LogP contribution is 2.19. The maximum Gasteiger partial charge on any atom is 0.108 e. The Morgan fingerprint density at radius 3 is 3.06 bits per heavy atom. The van der Waals surface area contributed by atoms with Crippen molar-refractivity contribution < 1.29 is 5.11 Å². The van der Waals surface area contributed by atoms with Gasteiger partial charge in [0, 0.05) is 44.6 Å². The molecule has 0 spiro atoms. The number of rotatable bonds is 6. The molecule has 1 N–H and O–H groups in total. The SMILES string of the molecule is CCc1nccn1CCN1CCCCC1CCO. The molecule has 1 aliphatic rings. The summed E-state index contributed by atoms with van der Waals surface area (Å²) < 4.78 is 2.25. The van der Waals surface area contributed by atoms with Gasteiger partial charge in [-0.1, -0.05) is 13.3 Å². The molecule has 0 aromatic carbocycles. The number of aliphatic hydroxyl groups is 1. The molecule has 2 heterocycles. The molecular formula is C14H25N3O. The molecule has 1 atom stereocenters. The number of likely N-dealkylation sites (tertiary alicyclic amines) is 1. The first-order valence-electron chi connectivity index (χ1n) is 7.20. The summed E-state index contributed by atoms with van der Waals surface area (Å²) in [5.41, 5.74) is 0. The maximum atomic E-state index is 9.13. The number of aromatic nitrogens is 2. The molecule has 4 heteroatoms. The van der Waals surface area contributed by atoms with Gasteiger partial charge in [-0.05, 0) is 25.8 Å². The summed E-state index contributed by atoms with van der Waals surface area (Å²) in [5, 5.41) is 9.13. The van der Waals surface area contributed by atoms with Crippen LogP contribution in [0, 0.1) is 0 Å². The lowest BCUT2D eigenvalue weighted by Crippen LogP contribution is -2.41. The first kappa shape index (κ1) is 13.6. The molecule has 1 saturated heterocycles. The summed E-state index contributed by atoms with van der Waals surface area (Å²) in [4.78, 5) is 6.90. The molecule has 1 fully saturated rings. The van der Waals surface area contributed by atoms with Crippen LogP contribution in [0.15, 0.2) is 12.4 Å². The maximum absolute atomic E-state index is 9.13. The van der Waals surface area contributed by atoms with Crippen molar-refractivity contribution >= 4 is 0 Å². The Kier molecular flexibility index (Phi) is 5.20. The number of aliphatic hydroxyl groups excluding tert-OH is 1. The van der Waals surface area contributed by atoms with Crippen LogP contribution in [0.5, 0.6) is 0 Å². The molecule has 1 aromatic rings. The number of hydrogen-bond donors (Lipinski definition) is 1. The Morgan fingerprint density at radius 1 is 1.39 bits per heavy atom. The van der Waals surface area contributed by atoms with Crippen molar-refractivity contribution in [2.75, 3.05) is 19.7 Å². The quantitative estimate of drug-likeness (QED) is 0.836. The van der Waals surface area contributed by atoms with Crippen LogP contribution in [-0.2, 0) is 13.0 Å². The number of aryl methyl sites for hydroxylation is 1. The Labute approximate surface area is 110 Å². The van der Waals surface area contributed by atoms with Gasteiger partial charge in [0.05, 0.1) is 0 Å². The molecule has 0 amide bonds. The Bertz CT molecular complexity index is 349. The standard InChI is InChI=1S/C14H25N3O/c1-2-14-15-7-9-17(14)11-10-16-8-4-3-5-13(16)6-12-18/h7,9,13,18H,2-6,8,10-12H2,1H3. The first-order valence-corrected chi connectivity index (χ1v) is 7.20. The first-order chi connectivity index (χ1) is 8.85. The lowest BCUT2D eigenvalue weighted by molar-refractivity contribution is 0.115. The van der Waals surface area contributed by atoms with Crippen LogP contribution in [-0.4, -0.2) is 45.3 Å². The fourth-order valence-electron chi connectivity index (χ4n) is 2.92. The molecule has 2 rings (SSSR count). The van der Waals surface area contributed by atoms with E-state index >= 15 is 0 Å². The van der Waals surface area contributed by atoms with Crippen LogP contribution in [0.25, 0.3) is 0 Å². The largest absolute Gasteiger partial charge is 0.396 e. The zero-order chi connectivity index (χ0) is 12.8. The number of piperidine rings is 1. The van der Waals surface area contributed by atoms with E-state index in [9.17, 15) is 0 Å². The van der Waals surface area contributed by atoms with E-state index in [0.717, 1.165) is 25.9 Å². The lowest BCUT2D eigenvalue weighted by Gasteiger charge is -2.35. The van der Waals surface area contributed by atoms with Gasteiger partial charge in [-0.3, -0.25) is 4.90 Å². The van der Waals surface area contributed by atoms with Crippen molar-refractivity contribution in [1.82, 2.24) is 14.5 Å². The second-order valence-electron chi connectivity index (χ2n) is 5.09.